The first-order valence-electron chi connectivity index (χ1n) is 5.26. The van der Waals surface area contributed by atoms with Gasteiger partial charge in [-0.05, 0) is 55.2 Å². The zero-order valence-electron chi connectivity index (χ0n) is 7.75. The summed E-state index contributed by atoms with van der Waals surface area (Å²) in [5, 5.41) is 5.86. The Bertz CT molecular complexity index is 295. The van der Waals surface area contributed by atoms with E-state index in [1.54, 1.807) is 10.4 Å². The van der Waals surface area contributed by atoms with E-state index in [0.717, 1.165) is 5.92 Å². The summed E-state index contributed by atoms with van der Waals surface area (Å²) in [6.45, 7) is 1.21. The maximum Gasteiger partial charge on any atom is 0.0418 e. The molecule has 0 bridgehead atoms. The second-order valence-corrected chi connectivity index (χ2v) is 5.11. The number of thiophene rings is 1. The lowest BCUT2D eigenvalue weighted by Crippen LogP contribution is -2.12. The molecule has 70 valence electrons. The summed E-state index contributed by atoms with van der Waals surface area (Å²) in [6, 6.07) is 3.04. The van der Waals surface area contributed by atoms with Gasteiger partial charge in [0.1, 0.15) is 0 Å². The quantitative estimate of drug-likeness (QED) is 0.761. The topological polar surface area (TPSA) is 12.0 Å². The van der Waals surface area contributed by atoms with Gasteiger partial charge in [0.2, 0.25) is 0 Å². The molecule has 1 nitrogen and oxygen atoms in total. The highest BCUT2D eigenvalue weighted by atomic mass is 32.1. The van der Waals surface area contributed by atoms with Gasteiger partial charge in [0.25, 0.3) is 0 Å². The van der Waals surface area contributed by atoms with Gasteiger partial charge in [-0.1, -0.05) is 0 Å². The van der Waals surface area contributed by atoms with Crippen LogP contribution in [0.5, 0.6) is 0 Å². The van der Waals surface area contributed by atoms with Crippen molar-refractivity contribution in [2.45, 2.75) is 37.6 Å². The molecule has 2 heteroatoms. The molecule has 13 heavy (non-hydrogen) atoms. The number of rotatable bonds is 2. The predicted molar refractivity (Wildman–Crippen MR) is 56.3 cm³/mol. The Labute approximate surface area is 83.2 Å². The van der Waals surface area contributed by atoms with E-state index in [9.17, 15) is 0 Å². The van der Waals surface area contributed by atoms with Crippen LogP contribution in [0.1, 0.15) is 48.1 Å². The van der Waals surface area contributed by atoms with Crippen molar-refractivity contribution >= 4 is 11.3 Å². The van der Waals surface area contributed by atoms with Crippen LogP contribution in [0.2, 0.25) is 0 Å². The molecule has 1 aromatic rings. The van der Waals surface area contributed by atoms with Crippen LogP contribution in [-0.2, 0) is 0 Å². The fourth-order valence-corrected chi connectivity index (χ4v) is 3.35. The highest BCUT2D eigenvalue weighted by molar-refractivity contribution is 7.10. The second kappa shape index (κ2) is 3.10. The SMILES string of the molecule is c1cc(C2CC2)c(C2CCCN2)s1. The lowest BCUT2D eigenvalue weighted by molar-refractivity contribution is 0.653. The standard InChI is InChI=1S/C11H15NS/c1-2-10(12-6-1)11-9(5-7-13-11)8-3-4-8/h5,7-8,10,12H,1-4,6H2. The molecule has 3 rings (SSSR count). The fourth-order valence-electron chi connectivity index (χ4n) is 2.25. The monoisotopic (exact) mass is 193 g/mol. The third kappa shape index (κ3) is 1.42. The van der Waals surface area contributed by atoms with Gasteiger partial charge in [0.05, 0.1) is 0 Å². The predicted octanol–water partition coefficient (Wildman–Crippen LogP) is 3.05. The van der Waals surface area contributed by atoms with Crippen LogP contribution < -0.4 is 5.32 Å². The minimum atomic E-state index is 0.690. The zero-order valence-corrected chi connectivity index (χ0v) is 8.57. The Balaban J connectivity index is 1.88. The zero-order chi connectivity index (χ0) is 8.67. The molecule has 2 aliphatic rings. The van der Waals surface area contributed by atoms with Gasteiger partial charge in [-0.15, -0.1) is 11.3 Å². The summed E-state index contributed by atoms with van der Waals surface area (Å²) >= 11 is 1.95. The van der Waals surface area contributed by atoms with E-state index in [1.807, 2.05) is 11.3 Å². The number of hydrogen-bond acceptors (Lipinski definition) is 2. The van der Waals surface area contributed by atoms with Gasteiger partial charge in [0.15, 0.2) is 0 Å². The van der Waals surface area contributed by atoms with Crippen LogP contribution in [0, 0.1) is 0 Å². The Morgan fingerprint density at radius 3 is 2.92 bits per heavy atom. The van der Waals surface area contributed by atoms with Gasteiger partial charge < -0.3 is 5.32 Å². The lowest BCUT2D eigenvalue weighted by atomic mass is 10.1. The maximum atomic E-state index is 3.59. The first kappa shape index (κ1) is 8.01. The lowest BCUT2D eigenvalue weighted by Gasteiger charge is -2.10. The van der Waals surface area contributed by atoms with Crippen molar-refractivity contribution in [1.82, 2.24) is 5.32 Å². The van der Waals surface area contributed by atoms with Gasteiger partial charge in [-0.25, -0.2) is 0 Å². The van der Waals surface area contributed by atoms with Crippen molar-refractivity contribution in [3.8, 4) is 0 Å². The van der Waals surface area contributed by atoms with E-state index in [-0.39, 0.29) is 0 Å². The van der Waals surface area contributed by atoms with Crippen LogP contribution in [0.4, 0.5) is 0 Å². The highest BCUT2D eigenvalue weighted by Gasteiger charge is 2.30. The third-order valence-corrected chi connectivity index (χ3v) is 4.17. The van der Waals surface area contributed by atoms with Crippen LogP contribution in [0.3, 0.4) is 0 Å². The molecule has 2 heterocycles. The van der Waals surface area contributed by atoms with Crippen molar-refractivity contribution in [2.75, 3.05) is 6.54 Å². The number of hydrogen-bond donors (Lipinski definition) is 1. The van der Waals surface area contributed by atoms with Crippen molar-refractivity contribution < 1.29 is 0 Å². The summed E-state index contributed by atoms with van der Waals surface area (Å²) in [7, 11) is 0. The van der Waals surface area contributed by atoms with E-state index < -0.39 is 0 Å². The molecule has 0 radical (unpaired) electrons. The van der Waals surface area contributed by atoms with E-state index in [2.05, 4.69) is 16.8 Å². The normalized spacial score (nSPS) is 28.2. The van der Waals surface area contributed by atoms with Crippen molar-refractivity contribution in [3.05, 3.63) is 21.9 Å². The summed E-state index contributed by atoms with van der Waals surface area (Å²) in [5.41, 5.74) is 1.66. The Morgan fingerprint density at radius 2 is 2.23 bits per heavy atom. The highest BCUT2D eigenvalue weighted by Crippen LogP contribution is 2.45. The third-order valence-electron chi connectivity index (χ3n) is 3.12. The van der Waals surface area contributed by atoms with Crippen molar-refractivity contribution in [1.29, 1.82) is 0 Å². The molecule has 0 aromatic carbocycles. The average Bonchev–Trinajstić information content (AvgIpc) is 2.72. The van der Waals surface area contributed by atoms with Gasteiger partial charge in [0, 0.05) is 10.9 Å². The summed E-state index contributed by atoms with van der Waals surface area (Å²) in [4.78, 5) is 1.64. The Hall–Kier alpha value is -0.340. The second-order valence-electron chi connectivity index (χ2n) is 4.16. The van der Waals surface area contributed by atoms with Crippen LogP contribution in [-0.4, -0.2) is 6.54 Å². The molecule has 1 N–H and O–H groups in total. The smallest absolute Gasteiger partial charge is 0.0418 e. The molecule has 1 aliphatic heterocycles. The molecule has 0 amide bonds. The molecular weight excluding hydrogens is 178 g/mol. The molecule has 1 saturated carbocycles. The van der Waals surface area contributed by atoms with E-state index in [4.69, 9.17) is 0 Å². The molecule has 1 saturated heterocycles. The number of nitrogens with one attached hydrogen (secondary N) is 1. The molecular formula is C11H15NS. The molecule has 2 fully saturated rings. The minimum Gasteiger partial charge on any atom is -0.309 e. The van der Waals surface area contributed by atoms with Crippen molar-refractivity contribution in [2.24, 2.45) is 0 Å². The average molecular weight is 193 g/mol. The molecule has 1 atom stereocenters. The fraction of sp³-hybridized carbons (Fsp3) is 0.636. The van der Waals surface area contributed by atoms with Gasteiger partial charge in [-0.3, -0.25) is 0 Å². The summed E-state index contributed by atoms with van der Waals surface area (Å²) in [6.07, 6.45) is 5.56. The molecule has 1 aromatic heterocycles. The van der Waals surface area contributed by atoms with Gasteiger partial charge in [-0.2, -0.15) is 0 Å². The largest absolute Gasteiger partial charge is 0.309 e. The van der Waals surface area contributed by atoms with Crippen molar-refractivity contribution in [3.63, 3.8) is 0 Å². The first-order chi connectivity index (χ1) is 6.45. The Morgan fingerprint density at radius 1 is 1.31 bits per heavy atom. The summed E-state index contributed by atoms with van der Waals surface area (Å²) in [5.74, 6) is 0.920. The Kier molecular flexibility index (Phi) is 1.91. The van der Waals surface area contributed by atoms with Crippen LogP contribution in [0.25, 0.3) is 0 Å². The molecule has 1 unspecified atom stereocenters. The molecule has 0 spiro atoms. The van der Waals surface area contributed by atoms with E-state index in [1.165, 1.54) is 32.2 Å². The van der Waals surface area contributed by atoms with E-state index >= 15 is 0 Å². The van der Waals surface area contributed by atoms with Crippen LogP contribution >= 0.6 is 11.3 Å². The maximum absolute atomic E-state index is 3.59. The first-order valence-corrected chi connectivity index (χ1v) is 6.14. The summed E-state index contributed by atoms with van der Waals surface area (Å²) < 4.78 is 0. The molecule has 1 aliphatic carbocycles. The minimum absolute atomic E-state index is 0.690. The van der Waals surface area contributed by atoms with Gasteiger partial charge >= 0.3 is 0 Å². The van der Waals surface area contributed by atoms with Crippen LogP contribution in [0.15, 0.2) is 11.4 Å². The van der Waals surface area contributed by atoms with E-state index in [0.29, 0.717) is 6.04 Å².